The minimum atomic E-state index is -0.420. The molecule has 2 N–H and O–H groups in total. The summed E-state index contributed by atoms with van der Waals surface area (Å²) in [6, 6.07) is 4.14. The van der Waals surface area contributed by atoms with Gasteiger partial charge in [0.2, 0.25) is 0 Å². The molecule has 0 radical (unpaired) electrons. The topological polar surface area (TPSA) is 53.6 Å². The van der Waals surface area contributed by atoms with Crippen molar-refractivity contribution in [3.05, 3.63) is 17.7 Å². The predicted octanol–water partition coefficient (Wildman–Crippen LogP) is 1.12. The second kappa shape index (κ2) is 4.74. The second-order valence-electron chi connectivity index (χ2n) is 5.13. The van der Waals surface area contributed by atoms with Crippen LogP contribution in [0, 0.1) is 6.92 Å². The van der Waals surface area contributed by atoms with Crippen molar-refractivity contribution in [3.63, 3.8) is 0 Å². The molecule has 2 aliphatic rings. The lowest BCUT2D eigenvalue weighted by Crippen LogP contribution is -2.43. The summed E-state index contributed by atoms with van der Waals surface area (Å²) in [6.07, 6.45) is -0.420. The number of rotatable bonds is 1. The van der Waals surface area contributed by atoms with Gasteiger partial charge in [-0.25, -0.2) is 0 Å². The summed E-state index contributed by atoms with van der Waals surface area (Å²) in [6.45, 7) is 7.76. The number of carbonyl (C=O) groups is 1. The van der Waals surface area contributed by atoms with Crippen molar-refractivity contribution in [2.75, 3.05) is 36.4 Å². The van der Waals surface area contributed by atoms with Gasteiger partial charge in [0.05, 0.1) is 5.69 Å². The van der Waals surface area contributed by atoms with Crippen LogP contribution in [0.4, 0.5) is 11.4 Å². The number of carbonyl (C=O) groups excluding carboxylic acids is 1. The number of hydrogen-bond donors (Lipinski definition) is 2. The number of fused-ring (bicyclic) bond motifs is 1. The summed E-state index contributed by atoms with van der Waals surface area (Å²) in [5.74, 6) is 0.718. The van der Waals surface area contributed by atoms with Crippen LogP contribution in [0.25, 0.3) is 0 Å². The van der Waals surface area contributed by atoms with Crippen LogP contribution < -0.4 is 20.3 Å². The molecule has 1 aromatic rings. The first-order chi connectivity index (χ1) is 9.15. The van der Waals surface area contributed by atoms with Crippen molar-refractivity contribution in [3.8, 4) is 5.75 Å². The smallest absolute Gasteiger partial charge is 0.265 e. The number of benzene rings is 1. The zero-order valence-electron chi connectivity index (χ0n) is 11.3. The molecule has 5 heteroatoms. The molecule has 2 heterocycles. The Hall–Kier alpha value is -1.75. The molecule has 0 spiro atoms. The van der Waals surface area contributed by atoms with E-state index in [1.165, 1.54) is 0 Å². The summed E-state index contributed by atoms with van der Waals surface area (Å²) in [5.41, 5.74) is 3.01. The molecule has 3 rings (SSSR count). The van der Waals surface area contributed by atoms with Crippen LogP contribution in [0.2, 0.25) is 0 Å². The Labute approximate surface area is 112 Å². The summed E-state index contributed by atoms with van der Waals surface area (Å²) < 4.78 is 5.67. The van der Waals surface area contributed by atoms with Crippen molar-refractivity contribution in [2.24, 2.45) is 0 Å². The van der Waals surface area contributed by atoms with Crippen molar-refractivity contribution >= 4 is 17.3 Å². The van der Waals surface area contributed by atoms with E-state index >= 15 is 0 Å². The summed E-state index contributed by atoms with van der Waals surface area (Å²) >= 11 is 0. The van der Waals surface area contributed by atoms with Crippen LogP contribution in [-0.4, -0.2) is 38.2 Å². The quantitative estimate of drug-likeness (QED) is 0.795. The second-order valence-corrected chi connectivity index (χ2v) is 5.13. The molecular weight excluding hydrogens is 242 g/mol. The van der Waals surface area contributed by atoms with E-state index in [1.54, 1.807) is 6.92 Å². The Kier molecular flexibility index (Phi) is 3.06. The van der Waals surface area contributed by atoms with E-state index in [0.29, 0.717) is 0 Å². The van der Waals surface area contributed by atoms with Crippen LogP contribution in [0.3, 0.4) is 0 Å². The van der Waals surface area contributed by atoms with Gasteiger partial charge in [0, 0.05) is 31.9 Å². The molecule has 1 atom stereocenters. The molecule has 0 aliphatic carbocycles. The Balaban J connectivity index is 1.94. The number of piperazine rings is 1. The van der Waals surface area contributed by atoms with Crippen molar-refractivity contribution in [2.45, 2.75) is 20.0 Å². The summed E-state index contributed by atoms with van der Waals surface area (Å²) in [5, 5.41) is 6.26. The third-order valence-corrected chi connectivity index (χ3v) is 3.66. The number of hydrogen-bond acceptors (Lipinski definition) is 4. The van der Waals surface area contributed by atoms with E-state index in [1.807, 2.05) is 13.0 Å². The molecule has 1 saturated heterocycles. The molecule has 0 aromatic heterocycles. The third kappa shape index (κ3) is 2.26. The van der Waals surface area contributed by atoms with Crippen LogP contribution in [0.15, 0.2) is 12.1 Å². The highest BCUT2D eigenvalue weighted by Gasteiger charge is 2.26. The van der Waals surface area contributed by atoms with Gasteiger partial charge in [-0.15, -0.1) is 0 Å². The fourth-order valence-electron chi connectivity index (χ4n) is 2.57. The standard InChI is InChI=1S/C14H19N3O2/c1-9-7-11(17-5-3-15-4-6-17)8-12-13(9)19-10(2)14(18)16-12/h7-8,10,15H,3-6H2,1-2H3,(H,16,18). The van der Waals surface area contributed by atoms with Gasteiger partial charge in [0.1, 0.15) is 5.75 Å². The molecule has 102 valence electrons. The van der Waals surface area contributed by atoms with Crippen molar-refractivity contribution < 1.29 is 9.53 Å². The highest BCUT2D eigenvalue weighted by atomic mass is 16.5. The number of amides is 1. The van der Waals surface area contributed by atoms with Gasteiger partial charge >= 0.3 is 0 Å². The molecule has 1 fully saturated rings. The van der Waals surface area contributed by atoms with E-state index in [0.717, 1.165) is 48.9 Å². The Morgan fingerprint density at radius 1 is 1.32 bits per heavy atom. The molecule has 1 amide bonds. The lowest BCUT2D eigenvalue weighted by atomic mass is 10.1. The number of anilines is 2. The molecule has 0 bridgehead atoms. The van der Waals surface area contributed by atoms with E-state index in [2.05, 4.69) is 21.6 Å². The van der Waals surface area contributed by atoms with E-state index in [4.69, 9.17) is 4.74 Å². The highest BCUT2D eigenvalue weighted by molar-refractivity contribution is 5.98. The van der Waals surface area contributed by atoms with Crippen molar-refractivity contribution in [1.29, 1.82) is 0 Å². The summed E-state index contributed by atoms with van der Waals surface area (Å²) in [4.78, 5) is 14.0. The maximum absolute atomic E-state index is 11.7. The zero-order valence-corrected chi connectivity index (χ0v) is 11.3. The normalized spacial score (nSPS) is 22.5. The Morgan fingerprint density at radius 3 is 2.79 bits per heavy atom. The van der Waals surface area contributed by atoms with Gasteiger partial charge < -0.3 is 20.3 Å². The Bertz CT molecular complexity index is 510. The van der Waals surface area contributed by atoms with E-state index in [9.17, 15) is 4.79 Å². The fourth-order valence-corrected chi connectivity index (χ4v) is 2.57. The number of aryl methyl sites for hydroxylation is 1. The summed E-state index contributed by atoms with van der Waals surface area (Å²) in [7, 11) is 0. The SMILES string of the molecule is Cc1cc(N2CCNCC2)cc2c1OC(C)C(=O)N2. The van der Waals surface area contributed by atoms with Gasteiger partial charge in [-0.05, 0) is 31.5 Å². The minimum absolute atomic E-state index is 0.0793. The first-order valence-corrected chi connectivity index (χ1v) is 6.73. The Morgan fingerprint density at radius 2 is 2.05 bits per heavy atom. The first kappa shape index (κ1) is 12.3. The van der Waals surface area contributed by atoms with Gasteiger partial charge in [-0.1, -0.05) is 0 Å². The monoisotopic (exact) mass is 261 g/mol. The predicted molar refractivity (Wildman–Crippen MR) is 75.0 cm³/mol. The van der Waals surface area contributed by atoms with Gasteiger partial charge in [-0.2, -0.15) is 0 Å². The average Bonchev–Trinajstić information content (AvgIpc) is 2.42. The maximum atomic E-state index is 11.7. The largest absolute Gasteiger partial charge is 0.478 e. The van der Waals surface area contributed by atoms with Gasteiger partial charge in [-0.3, -0.25) is 4.79 Å². The van der Waals surface area contributed by atoms with E-state index < -0.39 is 6.10 Å². The molecule has 5 nitrogen and oxygen atoms in total. The van der Waals surface area contributed by atoms with Crippen LogP contribution in [0.5, 0.6) is 5.75 Å². The molecule has 19 heavy (non-hydrogen) atoms. The molecule has 1 unspecified atom stereocenters. The van der Waals surface area contributed by atoms with Gasteiger partial charge in [0.15, 0.2) is 6.10 Å². The van der Waals surface area contributed by atoms with E-state index in [-0.39, 0.29) is 5.91 Å². The fraction of sp³-hybridized carbons (Fsp3) is 0.500. The van der Waals surface area contributed by atoms with Gasteiger partial charge in [0.25, 0.3) is 5.91 Å². The lowest BCUT2D eigenvalue weighted by molar-refractivity contribution is -0.122. The van der Waals surface area contributed by atoms with Crippen LogP contribution in [0.1, 0.15) is 12.5 Å². The van der Waals surface area contributed by atoms with Crippen LogP contribution in [-0.2, 0) is 4.79 Å². The van der Waals surface area contributed by atoms with Crippen LogP contribution >= 0.6 is 0 Å². The number of ether oxygens (including phenoxy) is 1. The lowest BCUT2D eigenvalue weighted by Gasteiger charge is -2.32. The van der Waals surface area contributed by atoms with Crippen molar-refractivity contribution in [1.82, 2.24) is 5.32 Å². The molecule has 1 aromatic carbocycles. The number of nitrogens with zero attached hydrogens (tertiary/aromatic N) is 1. The number of nitrogens with one attached hydrogen (secondary N) is 2. The average molecular weight is 261 g/mol. The third-order valence-electron chi connectivity index (χ3n) is 3.66. The molecule has 0 saturated carbocycles. The molecular formula is C14H19N3O2. The zero-order chi connectivity index (χ0) is 13.4. The highest BCUT2D eigenvalue weighted by Crippen LogP contribution is 2.37. The molecule has 2 aliphatic heterocycles. The maximum Gasteiger partial charge on any atom is 0.265 e. The minimum Gasteiger partial charge on any atom is -0.478 e. The first-order valence-electron chi connectivity index (χ1n) is 6.73.